The molecule has 2 unspecified atom stereocenters. The Labute approximate surface area is 501 Å². The number of allylic oxidation sites excluding steroid dienone is 2. The van der Waals surface area contributed by atoms with Gasteiger partial charge in [-0.15, -0.1) is 0 Å². The molecule has 0 spiro atoms. The fraction of sp³-hybridized carbons (Fsp3) is 0.946. The number of unbranched alkanes of at least 4 members (excludes halogenated alkanes) is 57. The van der Waals surface area contributed by atoms with Gasteiger partial charge < -0.3 is 20.3 Å². The van der Waals surface area contributed by atoms with Gasteiger partial charge in [-0.1, -0.05) is 373 Å². The lowest BCUT2D eigenvalue weighted by Gasteiger charge is -2.22. The Morgan fingerprint density at radius 1 is 0.338 bits per heavy atom. The summed E-state index contributed by atoms with van der Waals surface area (Å²) in [6.07, 6.45) is 87.0. The van der Waals surface area contributed by atoms with Gasteiger partial charge in [0.05, 0.1) is 25.4 Å². The number of carbonyl (C=O) groups is 2. The Balaban J connectivity index is 3.40. The zero-order valence-corrected chi connectivity index (χ0v) is 54.6. The molecule has 1 amide bonds. The summed E-state index contributed by atoms with van der Waals surface area (Å²) in [4.78, 5) is 24.7. The quantitative estimate of drug-likeness (QED) is 0.0320. The largest absolute Gasteiger partial charge is 0.466 e. The first-order valence-corrected chi connectivity index (χ1v) is 36.9. The van der Waals surface area contributed by atoms with Gasteiger partial charge in [0.2, 0.25) is 5.91 Å². The Kier molecular flexibility index (Phi) is 68.9. The molecule has 80 heavy (non-hydrogen) atoms. The van der Waals surface area contributed by atoms with Gasteiger partial charge in [0.15, 0.2) is 0 Å². The summed E-state index contributed by atoms with van der Waals surface area (Å²) < 4.78 is 5.50. The Morgan fingerprint density at radius 2 is 0.588 bits per heavy atom. The van der Waals surface area contributed by atoms with Crippen molar-refractivity contribution in [2.75, 3.05) is 13.2 Å². The molecular formula is C74H145NO5. The van der Waals surface area contributed by atoms with E-state index in [1.54, 1.807) is 0 Å². The van der Waals surface area contributed by atoms with Crippen molar-refractivity contribution in [2.45, 2.75) is 437 Å². The van der Waals surface area contributed by atoms with Gasteiger partial charge in [0.1, 0.15) is 0 Å². The minimum atomic E-state index is -0.670. The highest BCUT2D eigenvalue weighted by Gasteiger charge is 2.20. The Morgan fingerprint density at radius 3 is 0.887 bits per heavy atom. The molecule has 0 bridgehead atoms. The average Bonchev–Trinajstić information content (AvgIpc) is 3.46. The normalized spacial score (nSPS) is 12.5. The van der Waals surface area contributed by atoms with Crippen molar-refractivity contribution in [3.63, 3.8) is 0 Å². The zero-order chi connectivity index (χ0) is 57.8. The molecule has 0 rings (SSSR count). The van der Waals surface area contributed by atoms with E-state index in [1.807, 2.05) is 0 Å². The van der Waals surface area contributed by atoms with E-state index in [0.717, 1.165) is 38.5 Å². The number of aliphatic hydroxyl groups excluding tert-OH is 2. The van der Waals surface area contributed by atoms with Crippen molar-refractivity contribution < 1.29 is 24.5 Å². The van der Waals surface area contributed by atoms with Gasteiger partial charge >= 0.3 is 5.97 Å². The minimum Gasteiger partial charge on any atom is -0.466 e. The maximum atomic E-state index is 12.6. The van der Waals surface area contributed by atoms with Gasteiger partial charge in [0.25, 0.3) is 0 Å². The lowest BCUT2D eigenvalue weighted by molar-refractivity contribution is -0.143. The van der Waals surface area contributed by atoms with Crippen molar-refractivity contribution >= 4 is 11.9 Å². The molecule has 0 heterocycles. The van der Waals surface area contributed by atoms with Gasteiger partial charge in [0, 0.05) is 12.8 Å². The standard InChI is InChI=1S/C74H145NO5/c1-3-5-7-9-11-13-15-17-19-21-22-23-24-25-26-29-32-35-38-42-46-50-54-58-62-66-72(77)71(70-76)75-73(78)67-63-59-55-51-47-43-39-36-33-30-27-28-31-34-37-41-45-49-53-57-61-65-69-80-74(79)68-64-60-56-52-48-44-40-20-18-16-14-12-10-8-6-4-2/h30,33,71-72,76-77H,3-29,31-32,34-70H2,1-2H3,(H,75,78)/b33-30-. The number of amides is 1. The van der Waals surface area contributed by atoms with Gasteiger partial charge in [-0.2, -0.15) is 0 Å². The smallest absolute Gasteiger partial charge is 0.305 e. The number of hydrogen-bond acceptors (Lipinski definition) is 5. The summed E-state index contributed by atoms with van der Waals surface area (Å²) in [6.45, 7) is 5.00. The maximum Gasteiger partial charge on any atom is 0.305 e. The van der Waals surface area contributed by atoms with Crippen molar-refractivity contribution in [2.24, 2.45) is 0 Å². The Hall–Kier alpha value is -1.40. The van der Waals surface area contributed by atoms with Crippen LogP contribution in [0.15, 0.2) is 12.2 Å². The number of nitrogens with one attached hydrogen (secondary N) is 1. The molecule has 6 nitrogen and oxygen atoms in total. The lowest BCUT2D eigenvalue weighted by Crippen LogP contribution is -2.45. The SMILES string of the molecule is CCCCCCCCCCCCCCCCCCCCCCCCCCCC(O)C(CO)NC(=O)CCCCCCCCC/C=C\CCCCCCCCCCCCCOC(=O)CCCCCCCCCCCCCCCCCC. The third-order valence-corrected chi connectivity index (χ3v) is 17.6. The molecule has 0 aliphatic heterocycles. The fourth-order valence-corrected chi connectivity index (χ4v) is 11.9. The van der Waals surface area contributed by atoms with Crippen LogP contribution in [0.5, 0.6) is 0 Å². The molecule has 3 N–H and O–H groups in total. The molecule has 0 fully saturated rings. The third kappa shape index (κ3) is 65.7. The highest BCUT2D eigenvalue weighted by Crippen LogP contribution is 2.20. The van der Waals surface area contributed by atoms with Crippen molar-refractivity contribution in [1.82, 2.24) is 5.32 Å². The molecule has 0 aliphatic rings. The van der Waals surface area contributed by atoms with E-state index >= 15 is 0 Å². The van der Waals surface area contributed by atoms with Crippen LogP contribution < -0.4 is 5.32 Å². The molecule has 0 saturated heterocycles. The minimum absolute atomic E-state index is 0.0149. The topological polar surface area (TPSA) is 95.9 Å². The molecule has 6 heteroatoms. The number of rotatable bonds is 70. The first-order valence-electron chi connectivity index (χ1n) is 36.9. The second-order valence-corrected chi connectivity index (χ2v) is 25.6. The van der Waals surface area contributed by atoms with Gasteiger partial charge in [-0.3, -0.25) is 9.59 Å². The van der Waals surface area contributed by atoms with E-state index < -0.39 is 12.1 Å². The van der Waals surface area contributed by atoms with Gasteiger partial charge in [-0.05, 0) is 51.4 Å². The molecule has 0 saturated carbocycles. The van der Waals surface area contributed by atoms with E-state index in [4.69, 9.17) is 4.74 Å². The second kappa shape index (κ2) is 70.1. The molecule has 2 atom stereocenters. The van der Waals surface area contributed by atoms with Crippen LogP contribution in [0.3, 0.4) is 0 Å². The average molecular weight is 1130 g/mol. The molecule has 0 radical (unpaired) electrons. The molecule has 0 aromatic heterocycles. The summed E-state index contributed by atoms with van der Waals surface area (Å²) in [7, 11) is 0. The molecule has 0 aromatic rings. The summed E-state index contributed by atoms with van der Waals surface area (Å²) in [5, 5.41) is 23.5. The van der Waals surface area contributed by atoms with E-state index in [0.29, 0.717) is 25.9 Å². The summed E-state index contributed by atoms with van der Waals surface area (Å²) in [5.74, 6) is -0.0214. The van der Waals surface area contributed by atoms with Crippen LogP contribution in [0.2, 0.25) is 0 Å². The van der Waals surface area contributed by atoms with Crippen LogP contribution in [0.25, 0.3) is 0 Å². The van der Waals surface area contributed by atoms with E-state index in [-0.39, 0.29) is 18.5 Å². The van der Waals surface area contributed by atoms with Crippen molar-refractivity contribution in [1.29, 1.82) is 0 Å². The van der Waals surface area contributed by atoms with Gasteiger partial charge in [-0.25, -0.2) is 0 Å². The van der Waals surface area contributed by atoms with Crippen molar-refractivity contribution in [3.05, 3.63) is 12.2 Å². The second-order valence-electron chi connectivity index (χ2n) is 25.6. The van der Waals surface area contributed by atoms with Crippen LogP contribution in [-0.4, -0.2) is 47.4 Å². The molecular weight excluding hydrogens is 983 g/mol. The molecule has 0 aliphatic carbocycles. The van der Waals surface area contributed by atoms with Crippen LogP contribution in [0.4, 0.5) is 0 Å². The van der Waals surface area contributed by atoms with E-state index in [9.17, 15) is 19.8 Å². The summed E-state index contributed by atoms with van der Waals surface area (Å²) >= 11 is 0. The first kappa shape index (κ1) is 78.6. The number of ether oxygens (including phenoxy) is 1. The Bertz CT molecular complexity index is 1210. The number of hydrogen-bond donors (Lipinski definition) is 3. The first-order chi connectivity index (χ1) is 39.5. The van der Waals surface area contributed by atoms with E-state index in [2.05, 4.69) is 31.3 Å². The number of esters is 1. The number of carbonyl (C=O) groups excluding carboxylic acids is 2. The monoisotopic (exact) mass is 1130 g/mol. The maximum absolute atomic E-state index is 12.6. The van der Waals surface area contributed by atoms with Crippen LogP contribution in [0.1, 0.15) is 425 Å². The third-order valence-electron chi connectivity index (χ3n) is 17.6. The summed E-state index contributed by atoms with van der Waals surface area (Å²) in [6, 6.07) is -0.548. The zero-order valence-electron chi connectivity index (χ0n) is 54.6. The fourth-order valence-electron chi connectivity index (χ4n) is 11.9. The highest BCUT2D eigenvalue weighted by atomic mass is 16.5. The predicted molar refractivity (Wildman–Crippen MR) is 352 cm³/mol. The van der Waals surface area contributed by atoms with Crippen LogP contribution in [-0.2, 0) is 14.3 Å². The lowest BCUT2D eigenvalue weighted by atomic mass is 10.0. The molecule has 476 valence electrons. The number of aliphatic hydroxyl groups is 2. The van der Waals surface area contributed by atoms with Crippen LogP contribution in [0, 0.1) is 0 Å². The van der Waals surface area contributed by atoms with Crippen LogP contribution >= 0.6 is 0 Å². The predicted octanol–water partition coefficient (Wildman–Crippen LogP) is 23.9. The summed E-state index contributed by atoms with van der Waals surface area (Å²) in [5.41, 5.74) is 0. The van der Waals surface area contributed by atoms with Crippen molar-refractivity contribution in [3.8, 4) is 0 Å². The van der Waals surface area contributed by atoms with E-state index in [1.165, 1.54) is 353 Å². The molecule has 0 aromatic carbocycles. The highest BCUT2D eigenvalue weighted by molar-refractivity contribution is 5.76.